The van der Waals surface area contributed by atoms with E-state index < -0.39 is 24.3 Å². The predicted octanol–water partition coefficient (Wildman–Crippen LogP) is 1.29. The molecule has 3 N–H and O–H groups in total. The summed E-state index contributed by atoms with van der Waals surface area (Å²) in [5.41, 5.74) is 0.252. The van der Waals surface area contributed by atoms with E-state index in [2.05, 4.69) is 17.2 Å². The number of ether oxygens (including phenoxy) is 1. The summed E-state index contributed by atoms with van der Waals surface area (Å²) in [6, 6.07) is -0.238. The Bertz CT molecular complexity index is 416. The van der Waals surface area contributed by atoms with E-state index in [4.69, 9.17) is 9.84 Å². The molecule has 1 rings (SSSR count). The highest BCUT2D eigenvalue weighted by Gasteiger charge is 2.45. The normalized spacial score (nSPS) is 21.2. The first-order valence-electron chi connectivity index (χ1n) is 7.64. The summed E-state index contributed by atoms with van der Waals surface area (Å²) in [7, 11) is 0. The Morgan fingerprint density at radius 3 is 2.50 bits per heavy atom. The third kappa shape index (κ3) is 8.88. The maximum Gasteiger partial charge on any atom is 0.414 e. The van der Waals surface area contributed by atoms with E-state index in [1.54, 1.807) is 13.8 Å². The summed E-state index contributed by atoms with van der Waals surface area (Å²) in [4.78, 5) is 21.9. The maximum atomic E-state index is 12.4. The number of rotatable bonds is 7. The van der Waals surface area contributed by atoms with Crippen LogP contribution in [-0.4, -0.2) is 55.0 Å². The van der Waals surface area contributed by atoms with Gasteiger partial charge in [-0.2, -0.15) is 13.2 Å². The number of hydrogen-bond donors (Lipinski definition) is 3. The molecule has 0 aromatic heterocycles. The van der Waals surface area contributed by atoms with Crippen molar-refractivity contribution in [1.29, 1.82) is 0 Å². The van der Waals surface area contributed by atoms with Crippen LogP contribution in [0.5, 0.6) is 0 Å². The van der Waals surface area contributed by atoms with E-state index in [0.717, 1.165) is 0 Å². The van der Waals surface area contributed by atoms with Crippen LogP contribution in [-0.2, 0) is 14.3 Å². The molecule has 0 bridgehead atoms. The zero-order valence-corrected chi connectivity index (χ0v) is 13.9. The third-order valence-corrected chi connectivity index (χ3v) is 3.19. The minimum Gasteiger partial charge on any atom is -0.397 e. The van der Waals surface area contributed by atoms with E-state index in [9.17, 15) is 22.8 Å². The van der Waals surface area contributed by atoms with Crippen molar-refractivity contribution < 1.29 is 32.6 Å². The van der Waals surface area contributed by atoms with Gasteiger partial charge in [-0.3, -0.25) is 9.59 Å². The maximum absolute atomic E-state index is 12.4. The molecular weight excluding hydrogens is 329 g/mol. The summed E-state index contributed by atoms with van der Waals surface area (Å²) in [6.45, 7) is 7.24. The van der Waals surface area contributed by atoms with Crippen molar-refractivity contribution in [1.82, 2.24) is 10.6 Å². The second-order valence-corrected chi connectivity index (χ2v) is 5.39. The lowest BCUT2D eigenvalue weighted by molar-refractivity contribution is -0.214. The highest BCUT2D eigenvalue weighted by molar-refractivity contribution is 5.92. The Kier molecular flexibility index (Phi) is 10.3. The van der Waals surface area contributed by atoms with Crippen LogP contribution in [0.25, 0.3) is 0 Å². The molecule has 1 saturated heterocycles. The van der Waals surface area contributed by atoms with E-state index >= 15 is 0 Å². The molecule has 2 amide bonds. The van der Waals surface area contributed by atoms with Gasteiger partial charge in [0.2, 0.25) is 12.3 Å². The van der Waals surface area contributed by atoms with Crippen LogP contribution in [0, 0.1) is 0 Å². The molecule has 0 aromatic carbocycles. The highest BCUT2D eigenvalue weighted by atomic mass is 19.4. The molecule has 1 aliphatic heterocycles. The lowest BCUT2D eigenvalue weighted by Gasteiger charge is -2.17. The summed E-state index contributed by atoms with van der Waals surface area (Å²) >= 11 is 0. The number of halogens is 3. The van der Waals surface area contributed by atoms with Crippen LogP contribution in [0.2, 0.25) is 0 Å². The van der Waals surface area contributed by atoms with Crippen LogP contribution in [0.15, 0.2) is 12.2 Å². The lowest BCUT2D eigenvalue weighted by Crippen LogP contribution is -2.36. The molecule has 3 atom stereocenters. The largest absolute Gasteiger partial charge is 0.414 e. The zero-order valence-electron chi connectivity index (χ0n) is 13.9. The van der Waals surface area contributed by atoms with Crippen molar-refractivity contribution in [3.05, 3.63) is 12.2 Å². The van der Waals surface area contributed by atoms with Crippen LogP contribution in [0.4, 0.5) is 13.2 Å². The van der Waals surface area contributed by atoms with E-state index in [-0.39, 0.29) is 44.0 Å². The summed E-state index contributed by atoms with van der Waals surface area (Å²) in [6.07, 6.45) is -5.80. The summed E-state index contributed by atoms with van der Waals surface area (Å²) in [5, 5.41) is 12.5. The Morgan fingerprint density at radius 2 is 2.04 bits per heavy atom. The predicted molar refractivity (Wildman–Crippen MR) is 82.1 cm³/mol. The summed E-state index contributed by atoms with van der Waals surface area (Å²) < 4.78 is 42.1. The average Bonchev–Trinajstić information content (AvgIpc) is 2.94. The number of hydrogen-bond acceptors (Lipinski definition) is 4. The number of aliphatic hydroxyl groups excluding tert-OH is 1. The van der Waals surface area contributed by atoms with Crippen LogP contribution in [0.1, 0.15) is 33.1 Å². The number of carbonyl (C=O) groups excluding carboxylic acids is 2. The monoisotopic (exact) mass is 354 g/mol. The van der Waals surface area contributed by atoms with Crippen molar-refractivity contribution in [3.63, 3.8) is 0 Å². The molecule has 0 radical (unpaired) electrons. The van der Waals surface area contributed by atoms with Crippen molar-refractivity contribution in [2.24, 2.45) is 0 Å². The number of nitrogens with one attached hydrogen (secondary N) is 2. The molecule has 1 fully saturated rings. The minimum absolute atomic E-state index is 0.0138. The number of amides is 2. The standard InChI is InChI=1S/C13H19F3N2O3.C2H6O/c1-8(5-9(2)18-7-19)12(20)17-6-10-3-4-11(21-10)13(14,15)16;1-2-3/h7,9-11H,1,3-6H2,2H3,(H,17,20)(H,18,19);3H,2H2,1H3. The van der Waals surface area contributed by atoms with E-state index in [1.807, 2.05) is 0 Å². The molecule has 0 saturated carbocycles. The topological polar surface area (TPSA) is 87.7 Å². The van der Waals surface area contributed by atoms with Gasteiger partial charge in [-0.15, -0.1) is 0 Å². The average molecular weight is 354 g/mol. The Hall–Kier alpha value is -1.61. The van der Waals surface area contributed by atoms with Gasteiger partial charge < -0.3 is 20.5 Å². The van der Waals surface area contributed by atoms with Crippen LogP contribution in [0.3, 0.4) is 0 Å². The van der Waals surface area contributed by atoms with Gasteiger partial charge in [-0.05, 0) is 33.1 Å². The second-order valence-electron chi connectivity index (χ2n) is 5.39. The van der Waals surface area contributed by atoms with Gasteiger partial charge in [0.25, 0.3) is 0 Å². The van der Waals surface area contributed by atoms with Crippen molar-refractivity contribution in [2.75, 3.05) is 13.2 Å². The number of carbonyl (C=O) groups is 2. The second kappa shape index (κ2) is 11.0. The lowest BCUT2D eigenvalue weighted by atomic mass is 10.1. The van der Waals surface area contributed by atoms with Gasteiger partial charge in [0, 0.05) is 24.8 Å². The molecule has 0 aliphatic carbocycles. The number of alkyl halides is 3. The first kappa shape index (κ1) is 22.4. The van der Waals surface area contributed by atoms with Gasteiger partial charge in [0.1, 0.15) is 0 Å². The van der Waals surface area contributed by atoms with Crippen LogP contribution >= 0.6 is 0 Å². The molecule has 0 aromatic rings. The molecule has 9 heteroatoms. The van der Waals surface area contributed by atoms with E-state index in [1.165, 1.54) is 0 Å². The Labute approximate surface area is 139 Å². The van der Waals surface area contributed by atoms with Crippen LogP contribution < -0.4 is 10.6 Å². The van der Waals surface area contributed by atoms with Crippen molar-refractivity contribution in [3.8, 4) is 0 Å². The Morgan fingerprint density at radius 1 is 1.46 bits per heavy atom. The Balaban J connectivity index is 0.00000163. The van der Waals surface area contributed by atoms with Crippen molar-refractivity contribution in [2.45, 2.75) is 57.5 Å². The summed E-state index contributed by atoms with van der Waals surface area (Å²) in [5.74, 6) is -0.450. The van der Waals surface area contributed by atoms with Gasteiger partial charge in [-0.25, -0.2) is 0 Å². The number of aliphatic hydroxyl groups is 1. The molecule has 140 valence electrons. The van der Waals surface area contributed by atoms with Crippen molar-refractivity contribution >= 4 is 12.3 Å². The quantitative estimate of drug-likeness (QED) is 0.475. The molecule has 24 heavy (non-hydrogen) atoms. The van der Waals surface area contributed by atoms with Gasteiger partial charge in [0.05, 0.1) is 6.10 Å². The molecule has 0 spiro atoms. The van der Waals surface area contributed by atoms with Gasteiger partial charge in [-0.1, -0.05) is 6.58 Å². The highest BCUT2D eigenvalue weighted by Crippen LogP contribution is 2.32. The van der Waals surface area contributed by atoms with E-state index in [0.29, 0.717) is 6.41 Å². The minimum atomic E-state index is -4.36. The molecule has 6 nitrogen and oxygen atoms in total. The smallest absolute Gasteiger partial charge is 0.397 e. The van der Waals surface area contributed by atoms with Gasteiger partial charge >= 0.3 is 6.18 Å². The molecule has 3 unspecified atom stereocenters. The molecular formula is C15H25F3N2O4. The first-order chi connectivity index (χ1) is 11.1. The zero-order chi connectivity index (χ0) is 18.8. The molecule has 1 heterocycles. The molecule has 1 aliphatic rings. The first-order valence-corrected chi connectivity index (χ1v) is 7.64. The third-order valence-electron chi connectivity index (χ3n) is 3.19. The fourth-order valence-electron chi connectivity index (χ4n) is 2.07. The van der Waals surface area contributed by atoms with Gasteiger partial charge in [0.15, 0.2) is 6.10 Å². The SMILES string of the molecule is C=C(CC(C)NC=O)C(=O)NCC1CCC(C(F)(F)F)O1.CCO. The fourth-order valence-corrected chi connectivity index (χ4v) is 2.07. The fraction of sp³-hybridized carbons (Fsp3) is 0.733.